The fourth-order valence-electron chi connectivity index (χ4n) is 2.24. The van der Waals surface area contributed by atoms with Crippen molar-refractivity contribution in [3.05, 3.63) is 65.4 Å². The minimum atomic E-state index is -0.695. The first-order valence-corrected chi connectivity index (χ1v) is 7.93. The average molecular weight is 345 g/mol. The van der Waals surface area contributed by atoms with E-state index in [4.69, 9.17) is 0 Å². The normalized spacial score (nSPS) is 10.6. The molecule has 2 aromatic heterocycles. The molecule has 3 rings (SSSR count). The van der Waals surface area contributed by atoms with Crippen LogP contribution in [0.25, 0.3) is 10.4 Å². The van der Waals surface area contributed by atoms with E-state index >= 15 is 0 Å². The quantitative estimate of drug-likeness (QED) is 0.764. The van der Waals surface area contributed by atoms with Gasteiger partial charge in [0.2, 0.25) is 0 Å². The molecule has 0 unspecified atom stereocenters. The molecule has 0 aliphatic rings. The number of aromatic nitrogens is 2. The topological polar surface area (TPSA) is 54.9 Å². The number of thiazole rings is 1. The van der Waals surface area contributed by atoms with Crippen molar-refractivity contribution >= 4 is 22.4 Å². The molecule has 0 aliphatic heterocycles. The van der Waals surface area contributed by atoms with Gasteiger partial charge in [-0.2, -0.15) is 0 Å². The molecular weight excluding hydrogens is 332 g/mol. The number of hydrogen-bond acceptors (Lipinski definition) is 4. The third-order valence-corrected chi connectivity index (χ3v) is 4.50. The van der Waals surface area contributed by atoms with Gasteiger partial charge in [-0.3, -0.25) is 15.1 Å². The fourth-order valence-corrected chi connectivity index (χ4v) is 3.20. The van der Waals surface area contributed by atoms with Gasteiger partial charge in [0, 0.05) is 6.20 Å². The Balaban J connectivity index is 1.86. The average Bonchev–Trinajstić information content (AvgIpc) is 2.95. The lowest BCUT2D eigenvalue weighted by atomic mass is 10.1. The maximum Gasteiger partial charge on any atom is 0.260 e. The van der Waals surface area contributed by atoms with Gasteiger partial charge in [0.05, 0.1) is 22.3 Å². The molecule has 0 fully saturated rings. The molecule has 1 aromatic carbocycles. The standard InChI is InChI=1S/C17H13F2N3OS/c1-10-15(12-4-2-3-11(7-12)8-18)24-17(21-10)22-16(23)13-5-6-20-9-14(13)19/h2-7,9H,8H2,1H3,(H,21,22,23). The minimum absolute atomic E-state index is 0.0983. The number of anilines is 1. The second-order valence-electron chi connectivity index (χ2n) is 5.08. The zero-order chi connectivity index (χ0) is 17.1. The number of carbonyl (C=O) groups excluding carboxylic acids is 1. The van der Waals surface area contributed by atoms with Crippen LogP contribution in [0.15, 0.2) is 42.7 Å². The number of benzene rings is 1. The van der Waals surface area contributed by atoms with Crippen LogP contribution in [0.5, 0.6) is 0 Å². The van der Waals surface area contributed by atoms with E-state index in [2.05, 4.69) is 15.3 Å². The fraction of sp³-hybridized carbons (Fsp3) is 0.118. The monoisotopic (exact) mass is 345 g/mol. The lowest BCUT2D eigenvalue weighted by molar-refractivity contribution is 0.102. The highest BCUT2D eigenvalue weighted by molar-refractivity contribution is 7.19. The smallest absolute Gasteiger partial charge is 0.260 e. The van der Waals surface area contributed by atoms with Crippen molar-refractivity contribution in [2.24, 2.45) is 0 Å². The molecule has 24 heavy (non-hydrogen) atoms. The van der Waals surface area contributed by atoms with Gasteiger partial charge in [-0.1, -0.05) is 29.5 Å². The summed E-state index contributed by atoms with van der Waals surface area (Å²) in [5.74, 6) is -1.29. The Hall–Kier alpha value is -2.67. The number of carbonyl (C=O) groups is 1. The van der Waals surface area contributed by atoms with Crippen LogP contribution < -0.4 is 5.32 Å². The number of hydrogen-bond donors (Lipinski definition) is 1. The molecule has 0 saturated carbocycles. The van der Waals surface area contributed by atoms with Crippen molar-refractivity contribution in [2.45, 2.75) is 13.6 Å². The molecule has 1 N–H and O–H groups in total. The van der Waals surface area contributed by atoms with Crippen molar-refractivity contribution in [3.8, 4) is 10.4 Å². The second kappa shape index (κ2) is 6.84. The highest BCUT2D eigenvalue weighted by Gasteiger charge is 2.16. The summed E-state index contributed by atoms with van der Waals surface area (Å²) in [6, 6.07) is 8.38. The molecule has 4 nitrogen and oxygen atoms in total. The number of alkyl halides is 1. The molecular formula is C17H13F2N3OS. The van der Waals surface area contributed by atoms with Gasteiger partial charge >= 0.3 is 0 Å². The van der Waals surface area contributed by atoms with Crippen molar-refractivity contribution < 1.29 is 13.6 Å². The zero-order valence-corrected chi connectivity index (χ0v) is 13.5. The summed E-state index contributed by atoms with van der Waals surface area (Å²) in [6.45, 7) is 1.26. The van der Waals surface area contributed by atoms with E-state index in [1.54, 1.807) is 25.1 Å². The molecule has 3 aromatic rings. The Bertz CT molecular complexity index is 895. The Labute approximate surface area is 141 Å². The van der Waals surface area contributed by atoms with Crippen molar-refractivity contribution in [1.29, 1.82) is 0 Å². The van der Waals surface area contributed by atoms with Crippen LogP contribution in [0, 0.1) is 12.7 Å². The van der Waals surface area contributed by atoms with Gasteiger partial charge in [0.25, 0.3) is 5.91 Å². The Kier molecular flexibility index (Phi) is 4.61. The molecule has 0 atom stereocenters. The van der Waals surface area contributed by atoms with Crippen LogP contribution in [0.3, 0.4) is 0 Å². The van der Waals surface area contributed by atoms with E-state index in [1.807, 2.05) is 6.07 Å². The van der Waals surface area contributed by atoms with Gasteiger partial charge < -0.3 is 0 Å². The maximum absolute atomic E-state index is 13.6. The molecule has 2 heterocycles. The van der Waals surface area contributed by atoms with Crippen LogP contribution >= 0.6 is 11.3 Å². The molecule has 0 aliphatic carbocycles. The van der Waals surface area contributed by atoms with Crippen molar-refractivity contribution in [2.75, 3.05) is 5.32 Å². The summed E-state index contributed by atoms with van der Waals surface area (Å²) in [6.07, 6.45) is 2.33. The Morgan fingerprint density at radius 2 is 2.17 bits per heavy atom. The molecule has 1 amide bonds. The van der Waals surface area contributed by atoms with Crippen LogP contribution in [0.4, 0.5) is 13.9 Å². The molecule has 0 bridgehead atoms. The first-order valence-electron chi connectivity index (χ1n) is 7.12. The SMILES string of the molecule is Cc1nc(NC(=O)c2ccncc2F)sc1-c1cccc(CF)c1. The number of nitrogens with zero attached hydrogens (tertiary/aromatic N) is 2. The van der Waals surface area contributed by atoms with E-state index in [1.165, 1.54) is 23.6 Å². The predicted molar refractivity (Wildman–Crippen MR) is 89.2 cm³/mol. The largest absolute Gasteiger partial charge is 0.298 e. The van der Waals surface area contributed by atoms with Crippen LogP contribution in [-0.2, 0) is 6.67 Å². The highest BCUT2D eigenvalue weighted by atomic mass is 32.1. The minimum Gasteiger partial charge on any atom is -0.298 e. The van der Waals surface area contributed by atoms with Gasteiger partial charge in [-0.15, -0.1) is 0 Å². The summed E-state index contributed by atoms with van der Waals surface area (Å²) < 4.78 is 26.4. The van der Waals surface area contributed by atoms with Gasteiger partial charge in [0.1, 0.15) is 6.67 Å². The molecule has 0 radical (unpaired) electrons. The molecule has 0 saturated heterocycles. The summed E-state index contributed by atoms with van der Waals surface area (Å²) in [5, 5.41) is 2.94. The van der Waals surface area contributed by atoms with Crippen LogP contribution in [0.2, 0.25) is 0 Å². The first kappa shape index (κ1) is 16.2. The van der Waals surface area contributed by atoms with Gasteiger partial charge in [-0.25, -0.2) is 13.8 Å². The Morgan fingerprint density at radius 1 is 1.33 bits per heavy atom. The predicted octanol–water partition coefficient (Wildman–Crippen LogP) is 4.37. The van der Waals surface area contributed by atoms with E-state index in [0.29, 0.717) is 16.4 Å². The second-order valence-corrected chi connectivity index (χ2v) is 6.08. The summed E-state index contributed by atoms with van der Waals surface area (Å²) in [7, 11) is 0. The lowest BCUT2D eigenvalue weighted by Crippen LogP contribution is -2.13. The summed E-state index contributed by atoms with van der Waals surface area (Å²) in [5.41, 5.74) is 2.01. The third kappa shape index (κ3) is 3.30. The van der Waals surface area contributed by atoms with Gasteiger partial charge in [0.15, 0.2) is 10.9 Å². The lowest BCUT2D eigenvalue weighted by Gasteiger charge is -2.02. The summed E-state index contributed by atoms with van der Waals surface area (Å²) in [4.78, 5) is 20.9. The van der Waals surface area contributed by atoms with E-state index < -0.39 is 18.4 Å². The Morgan fingerprint density at radius 3 is 2.92 bits per heavy atom. The number of nitrogens with one attached hydrogen (secondary N) is 1. The zero-order valence-electron chi connectivity index (χ0n) is 12.7. The van der Waals surface area contributed by atoms with Crippen molar-refractivity contribution in [3.63, 3.8) is 0 Å². The maximum atomic E-state index is 13.6. The molecule has 122 valence electrons. The van der Waals surface area contributed by atoms with Crippen LogP contribution in [0.1, 0.15) is 21.6 Å². The third-order valence-electron chi connectivity index (χ3n) is 3.38. The van der Waals surface area contributed by atoms with E-state index in [9.17, 15) is 13.6 Å². The molecule has 7 heteroatoms. The highest BCUT2D eigenvalue weighted by Crippen LogP contribution is 2.33. The van der Waals surface area contributed by atoms with Gasteiger partial charge in [-0.05, 0) is 30.2 Å². The number of pyridine rings is 1. The van der Waals surface area contributed by atoms with Crippen molar-refractivity contribution in [1.82, 2.24) is 9.97 Å². The number of amides is 1. The van der Waals surface area contributed by atoms with E-state index in [0.717, 1.165) is 16.6 Å². The summed E-state index contributed by atoms with van der Waals surface area (Å²) >= 11 is 1.26. The van der Waals surface area contributed by atoms with Crippen LogP contribution in [-0.4, -0.2) is 15.9 Å². The van der Waals surface area contributed by atoms with E-state index in [-0.39, 0.29) is 5.56 Å². The number of halogens is 2. The first-order chi connectivity index (χ1) is 11.6. The number of rotatable bonds is 4. The molecule has 0 spiro atoms. The number of aryl methyl sites for hydroxylation is 1.